The lowest BCUT2D eigenvalue weighted by Gasteiger charge is -2.19. The summed E-state index contributed by atoms with van der Waals surface area (Å²) in [7, 11) is -2.58. The van der Waals surface area contributed by atoms with Gasteiger partial charge in [0.05, 0.1) is 29.8 Å². The second-order valence-electron chi connectivity index (χ2n) is 6.46. The van der Waals surface area contributed by atoms with Crippen LogP contribution in [0.2, 0.25) is 5.02 Å². The van der Waals surface area contributed by atoms with E-state index in [2.05, 4.69) is 10.0 Å². The average Bonchev–Trinajstić information content (AvgIpc) is 3.26. The number of hydrogen-bond acceptors (Lipinski definition) is 5. The van der Waals surface area contributed by atoms with Crippen molar-refractivity contribution in [2.75, 3.05) is 7.11 Å². The first kappa shape index (κ1) is 21.9. The Morgan fingerprint density at radius 2 is 1.90 bits per heavy atom. The van der Waals surface area contributed by atoms with Gasteiger partial charge in [-0.2, -0.15) is 4.72 Å². The lowest BCUT2D eigenvalue weighted by atomic mass is 10.1. The number of amides is 1. The van der Waals surface area contributed by atoms with E-state index < -0.39 is 22.0 Å². The molecule has 1 aromatic heterocycles. The summed E-state index contributed by atoms with van der Waals surface area (Å²) in [4.78, 5) is 12.7. The largest absolute Gasteiger partial charge is 0.495 e. The molecule has 0 radical (unpaired) electrons. The molecule has 0 bridgehead atoms. The van der Waals surface area contributed by atoms with Crippen molar-refractivity contribution in [1.82, 2.24) is 10.0 Å². The maximum Gasteiger partial charge on any atom is 0.241 e. The van der Waals surface area contributed by atoms with Crippen LogP contribution in [0.4, 0.5) is 0 Å². The molecule has 2 aromatic carbocycles. The summed E-state index contributed by atoms with van der Waals surface area (Å²) in [5, 5.41) is 2.86. The molecule has 0 spiro atoms. The molecule has 0 saturated heterocycles. The third-order valence-corrected chi connectivity index (χ3v) is 6.11. The minimum absolute atomic E-state index is 0.0646. The molecule has 0 fully saturated rings. The molecule has 9 heteroatoms. The molecule has 158 valence electrons. The van der Waals surface area contributed by atoms with Crippen LogP contribution in [0.1, 0.15) is 11.3 Å². The molecule has 3 rings (SSSR count). The Hall–Kier alpha value is -2.81. The van der Waals surface area contributed by atoms with E-state index in [4.69, 9.17) is 20.8 Å². The second-order valence-corrected chi connectivity index (χ2v) is 8.58. The first-order valence-electron chi connectivity index (χ1n) is 9.09. The zero-order valence-electron chi connectivity index (χ0n) is 16.2. The predicted molar refractivity (Wildman–Crippen MR) is 113 cm³/mol. The fraction of sp³-hybridized carbons (Fsp3) is 0.190. The number of methoxy groups -OCH3 is 1. The zero-order valence-corrected chi connectivity index (χ0v) is 17.7. The number of carbonyl (C=O) groups is 1. The Morgan fingerprint density at radius 3 is 2.53 bits per heavy atom. The van der Waals surface area contributed by atoms with Crippen LogP contribution in [0, 0.1) is 0 Å². The number of nitrogens with one attached hydrogen (secondary N) is 2. The standard InChI is InChI=1S/C21H21ClN2O5S/c1-28-20-10-9-17(13-18(20)22)30(26,27)24-19(12-15-6-3-2-4-7-15)21(25)23-14-16-8-5-11-29-16/h2-11,13,19,24H,12,14H2,1H3,(H,23,25)/t19-/m0/s1. The number of rotatable bonds is 9. The molecule has 0 aliphatic rings. The minimum atomic E-state index is -4.02. The predicted octanol–water partition coefficient (Wildman–Crippen LogP) is 3.15. The molecule has 1 atom stereocenters. The second kappa shape index (κ2) is 9.80. The van der Waals surface area contributed by atoms with Crippen LogP contribution >= 0.6 is 11.6 Å². The number of ether oxygens (including phenoxy) is 1. The van der Waals surface area contributed by atoms with Crippen LogP contribution in [0.5, 0.6) is 5.75 Å². The molecule has 1 heterocycles. The van der Waals surface area contributed by atoms with Gasteiger partial charge in [-0.25, -0.2) is 8.42 Å². The van der Waals surface area contributed by atoms with Crippen molar-refractivity contribution in [3.05, 3.63) is 83.3 Å². The van der Waals surface area contributed by atoms with Gasteiger partial charge in [-0.05, 0) is 42.3 Å². The van der Waals surface area contributed by atoms with Crippen molar-refractivity contribution in [2.24, 2.45) is 0 Å². The van der Waals surface area contributed by atoms with Gasteiger partial charge in [-0.15, -0.1) is 0 Å². The highest BCUT2D eigenvalue weighted by Gasteiger charge is 2.26. The van der Waals surface area contributed by atoms with Crippen LogP contribution < -0.4 is 14.8 Å². The van der Waals surface area contributed by atoms with Gasteiger partial charge in [-0.1, -0.05) is 41.9 Å². The van der Waals surface area contributed by atoms with Crippen molar-refractivity contribution < 1.29 is 22.4 Å². The van der Waals surface area contributed by atoms with E-state index in [1.54, 1.807) is 12.1 Å². The summed E-state index contributed by atoms with van der Waals surface area (Å²) in [5.74, 6) is 0.442. The fourth-order valence-electron chi connectivity index (χ4n) is 2.82. The van der Waals surface area contributed by atoms with E-state index >= 15 is 0 Å². The summed E-state index contributed by atoms with van der Waals surface area (Å²) in [5.41, 5.74) is 0.811. The van der Waals surface area contributed by atoms with Crippen LogP contribution in [-0.2, 0) is 27.8 Å². The van der Waals surface area contributed by atoms with Gasteiger partial charge in [0.1, 0.15) is 17.6 Å². The van der Waals surface area contributed by atoms with Gasteiger partial charge in [0.25, 0.3) is 0 Å². The van der Waals surface area contributed by atoms with E-state index in [0.717, 1.165) is 5.56 Å². The maximum atomic E-state index is 12.9. The SMILES string of the molecule is COc1ccc(S(=O)(=O)N[C@@H](Cc2ccccc2)C(=O)NCc2ccco2)cc1Cl. The van der Waals surface area contributed by atoms with E-state index in [9.17, 15) is 13.2 Å². The maximum absolute atomic E-state index is 12.9. The van der Waals surface area contributed by atoms with Crippen molar-refractivity contribution in [3.63, 3.8) is 0 Å². The Morgan fingerprint density at radius 1 is 1.13 bits per heavy atom. The number of hydrogen-bond donors (Lipinski definition) is 2. The van der Waals surface area contributed by atoms with Crippen LogP contribution in [0.15, 0.2) is 76.2 Å². The van der Waals surface area contributed by atoms with Crippen molar-refractivity contribution in [2.45, 2.75) is 23.9 Å². The first-order chi connectivity index (χ1) is 14.4. The normalized spacial score (nSPS) is 12.3. The third-order valence-electron chi connectivity index (χ3n) is 4.35. The van der Waals surface area contributed by atoms with E-state index in [1.807, 2.05) is 30.3 Å². The Balaban J connectivity index is 1.81. The number of carbonyl (C=O) groups excluding carboxylic acids is 1. The Kier molecular flexibility index (Phi) is 7.15. The molecule has 1 amide bonds. The van der Waals surface area contributed by atoms with Gasteiger partial charge in [0, 0.05) is 0 Å². The molecule has 0 saturated carbocycles. The molecule has 0 aliphatic heterocycles. The minimum Gasteiger partial charge on any atom is -0.495 e. The van der Waals surface area contributed by atoms with E-state index in [1.165, 1.54) is 31.6 Å². The van der Waals surface area contributed by atoms with Crippen LogP contribution in [0.25, 0.3) is 0 Å². The monoisotopic (exact) mass is 448 g/mol. The topological polar surface area (TPSA) is 97.6 Å². The number of sulfonamides is 1. The smallest absolute Gasteiger partial charge is 0.241 e. The molecule has 7 nitrogen and oxygen atoms in total. The highest BCUT2D eigenvalue weighted by Crippen LogP contribution is 2.27. The molecule has 30 heavy (non-hydrogen) atoms. The number of furan rings is 1. The molecular weight excluding hydrogens is 428 g/mol. The molecule has 2 N–H and O–H groups in total. The van der Waals surface area contributed by atoms with Crippen molar-refractivity contribution in [3.8, 4) is 5.75 Å². The quantitative estimate of drug-likeness (QED) is 0.524. The molecule has 3 aromatic rings. The molecule has 0 unspecified atom stereocenters. The fourth-order valence-corrected chi connectivity index (χ4v) is 4.36. The highest BCUT2D eigenvalue weighted by atomic mass is 35.5. The molecule has 0 aliphatic carbocycles. The van der Waals surface area contributed by atoms with E-state index in [-0.39, 0.29) is 22.9 Å². The van der Waals surface area contributed by atoms with E-state index in [0.29, 0.717) is 11.5 Å². The summed E-state index contributed by atoms with van der Waals surface area (Å²) < 4.78 is 38.6. The van der Waals surface area contributed by atoms with Crippen LogP contribution in [-0.4, -0.2) is 27.5 Å². The summed E-state index contributed by atoms with van der Waals surface area (Å²) in [6, 6.07) is 15.6. The first-order valence-corrected chi connectivity index (χ1v) is 10.9. The van der Waals surface area contributed by atoms with Crippen LogP contribution in [0.3, 0.4) is 0 Å². The zero-order chi connectivity index (χ0) is 21.6. The van der Waals surface area contributed by atoms with Gasteiger partial charge >= 0.3 is 0 Å². The summed E-state index contributed by atoms with van der Waals surface area (Å²) >= 11 is 6.06. The number of benzene rings is 2. The van der Waals surface area contributed by atoms with Gasteiger partial charge < -0.3 is 14.5 Å². The van der Waals surface area contributed by atoms with Gasteiger partial charge in [0.15, 0.2) is 0 Å². The molecular formula is C21H21ClN2O5S. The lowest BCUT2D eigenvalue weighted by Crippen LogP contribution is -2.47. The summed E-state index contributed by atoms with van der Waals surface area (Å²) in [6.07, 6.45) is 1.67. The van der Waals surface area contributed by atoms with Crippen molar-refractivity contribution in [1.29, 1.82) is 0 Å². The van der Waals surface area contributed by atoms with Gasteiger partial charge in [-0.3, -0.25) is 4.79 Å². The van der Waals surface area contributed by atoms with Crippen molar-refractivity contribution >= 4 is 27.5 Å². The Labute approximate surface area is 180 Å². The average molecular weight is 449 g/mol. The lowest BCUT2D eigenvalue weighted by molar-refractivity contribution is -0.122. The highest BCUT2D eigenvalue weighted by molar-refractivity contribution is 7.89. The summed E-state index contributed by atoms with van der Waals surface area (Å²) in [6.45, 7) is 0.146. The third kappa shape index (κ3) is 5.63. The number of halogens is 1. The Bertz CT molecular complexity index is 1090. The van der Waals surface area contributed by atoms with Gasteiger partial charge in [0.2, 0.25) is 15.9 Å².